The van der Waals surface area contributed by atoms with Gasteiger partial charge in [0.15, 0.2) is 0 Å². The van der Waals surface area contributed by atoms with Crippen LogP contribution in [0.4, 0.5) is 0 Å². The lowest BCUT2D eigenvalue weighted by atomic mass is 9.96. The molecule has 148 valence electrons. The van der Waals surface area contributed by atoms with Crippen LogP contribution in [-0.4, -0.2) is 12.2 Å². The Hall–Kier alpha value is -1.60. The number of benzene rings is 2. The van der Waals surface area contributed by atoms with E-state index in [1.807, 2.05) is 0 Å². The lowest BCUT2D eigenvalue weighted by Gasteiger charge is -2.28. The average molecular weight is 367 g/mol. The minimum absolute atomic E-state index is 0.352. The number of aryl methyl sites for hydroxylation is 2. The van der Waals surface area contributed by atoms with Gasteiger partial charge < -0.3 is 4.74 Å². The van der Waals surface area contributed by atoms with Gasteiger partial charge in [0.2, 0.25) is 0 Å². The van der Waals surface area contributed by atoms with Gasteiger partial charge in [-0.2, -0.15) is 0 Å². The Morgan fingerprint density at radius 3 is 1.30 bits per heavy atom. The molecule has 0 saturated heterocycles. The minimum Gasteiger partial charge on any atom is -0.375 e. The summed E-state index contributed by atoms with van der Waals surface area (Å²) in [5.41, 5.74) is 2.83. The van der Waals surface area contributed by atoms with Crippen molar-refractivity contribution >= 4 is 0 Å². The first kappa shape index (κ1) is 21.7. The number of hydrogen-bond acceptors (Lipinski definition) is 1. The molecule has 0 amide bonds. The first-order chi connectivity index (χ1) is 13.0. The maximum atomic E-state index is 6.72. The molecule has 0 heterocycles. The molecule has 2 atom stereocenters. The Morgan fingerprint density at radius 2 is 0.963 bits per heavy atom. The number of ether oxygens (including phenoxy) is 1. The van der Waals surface area contributed by atoms with E-state index in [4.69, 9.17) is 4.74 Å². The molecule has 0 spiro atoms. The molecule has 0 radical (unpaired) electrons. The van der Waals surface area contributed by atoms with E-state index in [9.17, 15) is 0 Å². The van der Waals surface area contributed by atoms with Gasteiger partial charge in [-0.3, -0.25) is 0 Å². The molecule has 1 nitrogen and oxygen atoms in total. The minimum atomic E-state index is 0.352. The van der Waals surface area contributed by atoms with Crippen LogP contribution < -0.4 is 0 Å². The molecule has 0 saturated carbocycles. The zero-order valence-electron chi connectivity index (χ0n) is 17.7. The van der Waals surface area contributed by atoms with Gasteiger partial charge in [0, 0.05) is 0 Å². The summed E-state index contributed by atoms with van der Waals surface area (Å²) >= 11 is 0. The molecule has 0 N–H and O–H groups in total. The van der Waals surface area contributed by atoms with Crippen molar-refractivity contribution in [3.05, 3.63) is 71.8 Å². The van der Waals surface area contributed by atoms with E-state index in [1.165, 1.54) is 11.1 Å². The molecule has 1 heteroatoms. The molecule has 27 heavy (non-hydrogen) atoms. The van der Waals surface area contributed by atoms with Crippen LogP contribution in [0.3, 0.4) is 0 Å². The highest BCUT2D eigenvalue weighted by Gasteiger charge is 2.19. The topological polar surface area (TPSA) is 9.23 Å². The third-order valence-corrected chi connectivity index (χ3v) is 5.05. The molecule has 0 fully saturated rings. The fraction of sp³-hybridized carbons (Fsp3) is 0.538. The third-order valence-electron chi connectivity index (χ3n) is 5.05. The summed E-state index contributed by atoms with van der Waals surface area (Å²) in [6.07, 6.45) is 7.43. The van der Waals surface area contributed by atoms with E-state index in [0.29, 0.717) is 24.0 Å². The molecule has 0 aliphatic rings. The lowest BCUT2D eigenvalue weighted by molar-refractivity contribution is -0.0382. The molecule has 0 aliphatic heterocycles. The second-order valence-corrected chi connectivity index (χ2v) is 8.69. The summed E-state index contributed by atoms with van der Waals surface area (Å²) in [5.74, 6) is 1.33. The fourth-order valence-electron chi connectivity index (χ4n) is 3.75. The summed E-state index contributed by atoms with van der Waals surface area (Å²) in [6.45, 7) is 9.22. The quantitative estimate of drug-likeness (QED) is 0.389. The van der Waals surface area contributed by atoms with Gasteiger partial charge >= 0.3 is 0 Å². The van der Waals surface area contributed by atoms with Gasteiger partial charge in [-0.25, -0.2) is 0 Å². The molecule has 0 bridgehead atoms. The largest absolute Gasteiger partial charge is 0.375 e. The van der Waals surface area contributed by atoms with E-state index in [0.717, 1.165) is 38.5 Å². The summed E-state index contributed by atoms with van der Waals surface area (Å²) < 4.78 is 6.72. The zero-order valence-corrected chi connectivity index (χ0v) is 17.7. The van der Waals surface area contributed by atoms with Crippen molar-refractivity contribution in [2.24, 2.45) is 11.8 Å². The molecule has 2 aromatic carbocycles. The van der Waals surface area contributed by atoms with Gasteiger partial charge in [-0.15, -0.1) is 0 Å². The van der Waals surface area contributed by atoms with E-state index in [-0.39, 0.29) is 0 Å². The molecule has 2 rings (SSSR count). The van der Waals surface area contributed by atoms with Gasteiger partial charge in [0.1, 0.15) is 0 Å². The monoisotopic (exact) mass is 366 g/mol. The van der Waals surface area contributed by atoms with Crippen molar-refractivity contribution in [3.8, 4) is 0 Å². The van der Waals surface area contributed by atoms with Crippen molar-refractivity contribution in [2.45, 2.75) is 78.4 Å². The Labute approximate surface area is 167 Å². The van der Waals surface area contributed by atoms with Gasteiger partial charge in [0.05, 0.1) is 12.2 Å². The van der Waals surface area contributed by atoms with E-state index in [2.05, 4.69) is 88.4 Å². The Morgan fingerprint density at radius 1 is 0.593 bits per heavy atom. The Kier molecular flexibility index (Phi) is 9.62. The van der Waals surface area contributed by atoms with Crippen LogP contribution in [0.25, 0.3) is 0 Å². The van der Waals surface area contributed by atoms with Crippen LogP contribution in [0, 0.1) is 11.8 Å². The zero-order chi connectivity index (χ0) is 19.5. The fourth-order valence-corrected chi connectivity index (χ4v) is 3.75. The predicted molar refractivity (Wildman–Crippen MR) is 117 cm³/mol. The first-order valence-corrected chi connectivity index (χ1v) is 10.8. The Balaban J connectivity index is 1.95. The van der Waals surface area contributed by atoms with Crippen LogP contribution >= 0.6 is 0 Å². The van der Waals surface area contributed by atoms with E-state index >= 15 is 0 Å². The number of hydrogen-bond donors (Lipinski definition) is 0. The number of rotatable bonds is 12. The van der Waals surface area contributed by atoms with Crippen molar-refractivity contribution in [3.63, 3.8) is 0 Å². The lowest BCUT2D eigenvalue weighted by Crippen LogP contribution is -2.26. The highest BCUT2D eigenvalue weighted by atomic mass is 16.5. The second kappa shape index (κ2) is 12.0. The van der Waals surface area contributed by atoms with E-state index in [1.54, 1.807) is 0 Å². The van der Waals surface area contributed by atoms with Crippen LogP contribution in [0.5, 0.6) is 0 Å². The summed E-state index contributed by atoms with van der Waals surface area (Å²) in [5, 5.41) is 0. The van der Waals surface area contributed by atoms with Gasteiger partial charge in [-0.05, 0) is 61.5 Å². The van der Waals surface area contributed by atoms with Gasteiger partial charge in [0.25, 0.3) is 0 Å². The smallest absolute Gasteiger partial charge is 0.0584 e. The SMILES string of the molecule is CC(C)CC(CCc1ccccc1)OC(CCc1ccccc1)CC(C)C. The predicted octanol–water partition coefficient (Wildman–Crippen LogP) is 7.10. The van der Waals surface area contributed by atoms with Crippen LogP contribution in [0.15, 0.2) is 60.7 Å². The maximum absolute atomic E-state index is 6.72. The van der Waals surface area contributed by atoms with Crippen LogP contribution in [0.1, 0.15) is 64.5 Å². The Bertz CT molecular complexity index is 547. The molecule has 2 aromatic rings. The van der Waals surface area contributed by atoms with Crippen molar-refractivity contribution in [2.75, 3.05) is 0 Å². The summed E-state index contributed by atoms with van der Waals surface area (Å²) in [4.78, 5) is 0. The molecule has 0 aromatic heterocycles. The van der Waals surface area contributed by atoms with Crippen LogP contribution in [-0.2, 0) is 17.6 Å². The highest BCUT2D eigenvalue weighted by molar-refractivity contribution is 5.15. The normalized spacial score (nSPS) is 13.9. The second-order valence-electron chi connectivity index (χ2n) is 8.69. The molecule has 2 unspecified atom stereocenters. The molecular weight excluding hydrogens is 328 g/mol. The maximum Gasteiger partial charge on any atom is 0.0584 e. The molecular formula is C26H38O. The average Bonchev–Trinajstić information content (AvgIpc) is 2.65. The molecule has 0 aliphatic carbocycles. The van der Waals surface area contributed by atoms with Crippen LogP contribution in [0.2, 0.25) is 0 Å². The first-order valence-electron chi connectivity index (χ1n) is 10.8. The van der Waals surface area contributed by atoms with E-state index < -0.39 is 0 Å². The third kappa shape index (κ3) is 9.24. The summed E-state index contributed by atoms with van der Waals surface area (Å²) in [6, 6.07) is 21.6. The standard InChI is InChI=1S/C26H38O/c1-21(2)19-25(17-15-23-11-7-5-8-12-23)27-26(20-22(3)4)18-16-24-13-9-6-10-14-24/h5-14,21-22,25-26H,15-20H2,1-4H3. The van der Waals surface area contributed by atoms with Gasteiger partial charge in [-0.1, -0.05) is 88.4 Å². The van der Waals surface area contributed by atoms with Crippen molar-refractivity contribution < 1.29 is 4.74 Å². The highest BCUT2D eigenvalue weighted by Crippen LogP contribution is 2.22. The van der Waals surface area contributed by atoms with Crippen molar-refractivity contribution in [1.29, 1.82) is 0 Å². The summed E-state index contributed by atoms with van der Waals surface area (Å²) in [7, 11) is 0. The van der Waals surface area contributed by atoms with Crippen molar-refractivity contribution in [1.82, 2.24) is 0 Å².